The standard InChI is InChI=1S/C22H16F2N4O3S/c1-13-3-10-21(31-13)14(2)26-27-20(15-4-7-17(8-5-15)28(29)30)12-32-22(27)25-19-9-6-16(23)11-18(19)24/h3-12H,1-2H3. The summed E-state index contributed by atoms with van der Waals surface area (Å²) in [5.41, 5.74) is 1.70. The van der Waals surface area contributed by atoms with Crippen LogP contribution in [0.25, 0.3) is 11.3 Å². The molecule has 2 heterocycles. The van der Waals surface area contributed by atoms with Crippen molar-refractivity contribution in [3.63, 3.8) is 0 Å². The number of nitro benzene ring substituents is 1. The molecule has 4 aromatic rings. The lowest BCUT2D eigenvalue weighted by Crippen LogP contribution is -2.13. The molecule has 0 fully saturated rings. The predicted molar refractivity (Wildman–Crippen MR) is 117 cm³/mol. The van der Waals surface area contributed by atoms with Crippen molar-refractivity contribution >= 4 is 28.4 Å². The van der Waals surface area contributed by atoms with Gasteiger partial charge in [0, 0.05) is 29.1 Å². The van der Waals surface area contributed by atoms with E-state index < -0.39 is 16.6 Å². The summed E-state index contributed by atoms with van der Waals surface area (Å²) in [6.45, 7) is 3.57. The quantitative estimate of drug-likeness (QED) is 0.217. The van der Waals surface area contributed by atoms with Crippen LogP contribution in [0.4, 0.5) is 20.2 Å². The smallest absolute Gasteiger partial charge is 0.269 e. The minimum Gasteiger partial charge on any atom is -0.460 e. The average molecular weight is 454 g/mol. The molecule has 162 valence electrons. The lowest BCUT2D eigenvalue weighted by molar-refractivity contribution is -0.384. The lowest BCUT2D eigenvalue weighted by atomic mass is 10.1. The van der Waals surface area contributed by atoms with Crippen LogP contribution in [0.1, 0.15) is 18.4 Å². The zero-order valence-corrected chi connectivity index (χ0v) is 17.8. The van der Waals surface area contributed by atoms with Crippen molar-refractivity contribution in [2.45, 2.75) is 13.8 Å². The number of non-ortho nitro benzene ring substituents is 1. The van der Waals surface area contributed by atoms with E-state index in [1.807, 2.05) is 13.0 Å². The first-order chi connectivity index (χ1) is 15.3. The average Bonchev–Trinajstić information content (AvgIpc) is 3.36. The molecular weight excluding hydrogens is 438 g/mol. The maximum absolute atomic E-state index is 14.2. The van der Waals surface area contributed by atoms with E-state index >= 15 is 0 Å². The Morgan fingerprint density at radius 2 is 1.88 bits per heavy atom. The summed E-state index contributed by atoms with van der Waals surface area (Å²) < 4.78 is 34.6. The van der Waals surface area contributed by atoms with Gasteiger partial charge in [-0.05, 0) is 50.2 Å². The van der Waals surface area contributed by atoms with Crippen LogP contribution in [-0.2, 0) is 0 Å². The Hall–Kier alpha value is -3.92. The number of aryl methyl sites for hydroxylation is 1. The Morgan fingerprint density at radius 1 is 1.12 bits per heavy atom. The largest absolute Gasteiger partial charge is 0.460 e. The molecule has 0 N–H and O–H groups in total. The highest BCUT2D eigenvalue weighted by atomic mass is 32.1. The molecule has 0 bridgehead atoms. The van der Waals surface area contributed by atoms with Crippen molar-refractivity contribution in [2.75, 3.05) is 0 Å². The summed E-state index contributed by atoms with van der Waals surface area (Å²) >= 11 is 1.20. The van der Waals surface area contributed by atoms with Gasteiger partial charge in [-0.2, -0.15) is 5.10 Å². The number of halogens is 2. The third-order valence-corrected chi connectivity index (χ3v) is 5.35. The van der Waals surface area contributed by atoms with E-state index in [2.05, 4.69) is 10.1 Å². The molecule has 4 rings (SSSR count). The molecule has 0 radical (unpaired) electrons. The van der Waals surface area contributed by atoms with E-state index in [4.69, 9.17) is 4.42 Å². The van der Waals surface area contributed by atoms with Crippen LogP contribution in [0, 0.1) is 28.7 Å². The second kappa shape index (κ2) is 8.67. The van der Waals surface area contributed by atoms with Crippen molar-refractivity contribution in [1.82, 2.24) is 4.68 Å². The number of aromatic nitrogens is 1. The first kappa shape index (κ1) is 21.3. The van der Waals surface area contributed by atoms with E-state index in [0.29, 0.717) is 27.5 Å². The maximum atomic E-state index is 14.2. The monoisotopic (exact) mass is 454 g/mol. The summed E-state index contributed by atoms with van der Waals surface area (Å²) in [7, 11) is 0. The predicted octanol–water partition coefficient (Wildman–Crippen LogP) is 5.81. The number of nitro groups is 1. The summed E-state index contributed by atoms with van der Waals surface area (Å²) in [4.78, 5) is 15.1. The molecule has 0 saturated heterocycles. The van der Waals surface area contributed by atoms with Crippen LogP contribution >= 0.6 is 11.3 Å². The highest BCUT2D eigenvalue weighted by Gasteiger charge is 2.13. The van der Waals surface area contributed by atoms with Gasteiger partial charge in [-0.3, -0.25) is 10.1 Å². The van der Waals surface area contributed by atoms with Gasteiger partial charge in [0.25, 0.3) is 5.69 Å². The van der Waals surface area contributed by atoms with Crippen molar-refractivity contribution in [2.24, 2.45) is 10.1 Å². The van der Waals surface area contributed by atoms with Gasteiger partial charge in [-0.25, -0.2) is 18.4 Å². The van der Waals surface area contributed by atoms with E-state index in [1.165, 1.54) is 34.2 Å². The first-order valence-electron chi connectivity index (χ1n) is 9.39. The number of nitrogens with zero attached hydrogens (tertiary/aromatic N) is 4. The van der Waals surface area contributed by atoms with Crippen LogP contribution in [0.15, 0.2) is 74.5 Å². The Kier molecular flexibility index (Phi) is 5.78. The van der Waals surface area contributed by atoms with Gasteiger partial charge >= 0.3 is 0 Å². The molecule has 2 aromatic heterocycles. The van der Waals surface area contributed by atoms with Crippen molar-refractivity contribution in [3.8, 4) is 11.3 Å². The molecule has 0 aliphatic rings. The van der Waals surface area contributed by atoms with Gasteiger partial charge in [-0.15, -0.1) is 11.3 Å². The van der Waals surface area contributed by atoms with Gasteiger partial charge in [0.2, 0.25) is 4.80 Å². The SMILES string of the molecule is CC(=Nn1c(-c2ccc([N+](=O)[O-])cc2)csc1=Nc1ccc(F)cc1F)c1ccc(C)o1. The molecule has 10 heteroatoms. The van der Waals surface area contributed by atoms with E-state index in [9.17, 15) is 18.9 Å². The van der Waals surface area contributed by atoms with Gasteiger partial charge in [-0.1, -0.05) is 0 Å². The third-order valence-electron chi connectivity index (χ3n) is 4.53. The van der Waals surface area contributed by atoms with Crippen LogP contribution in [0.3, 0.4) is 0 Å². The van der Waals surface area contributed by atoms with Gasteiger partial charge in [0.15, 0.2) is 5.82 Å². The number of rotatable bonds is 5. The second-order valence-electron chi connectivity index (χ2n) is 6.82. The van der Waals surface area contributed by atoms with Crippen molar-refractivity contribution < 1.29 is 18.1 Å². The minimum atomic E-state index is -0.802. The normalized spacial score (nSPS) is 12.4. The molecule has 32 heavy (non-hydrogen) atoms. The van der Waals surface area contributed by atoms with Gasteiger partial charge in [0.1, 0.15) is 28.7 Å². The molecule has 2 aromatic carbocycles. The summed E-state index contributed by atoms with van der Waals surface area (Å²) in [5.74, 6) is -0.230. The molecule has 0 amide bonds. The van der Waals surface area contributed by atoms with E-state index in [0.717, 1.165) is 17.9 Å². The van der Waals surface area contributed by atoms with E-state index in [1.54, 1.807) is 30.5 Å². The van der Waals surface area contributed by atoms with E-state index in [-0.39, 0.29) is 11.4 Å². The molecular formula is C22H16F2N4O3S. The number of hydrogen-bond donors (Lipinski definition) is 0. The number of benzene rings is 2. The molecule has 0 atom stereocenters. The maximum Gasteiger partial charge on any atom is 0.269 e. The number of hydrogen-bond acceptors (Lipinski definition) is 6. The third kappa shape index (κ3) is 4.40. The molecule has 0 spiro atoms. The summed E-state index contributed by atoms with van der Waals surface area (Å²) in [5, 5.41) is 17.3. The van der Waals surface area contributed by atoms with Crippen LogP contribution in [0.5, 0.6) is 0 Å². The summed E-state index contributed by atoms with van der Waals surface area (Å²) in [6, 6.07) is 12.7. The molecule has 0 aliphatic heterocycles. The highest BCUT2D eigenvalue weighted by Crippen LogP contribution is 2.25. The molecule has 0 saturated carbocycles. The highest BCUT2D eigenvalue weighted by molar-refractivity contribution is 7.07. The number of furan rings is 1. The Balaban J connectivity index is 1.89. The Bertz CT molecular complexity index is 1400. The number of thiazole rings is 1. The fraction of sp³-hybridized carbons (Fsp3) is 0.0909. The molecule has 0 unspecified atom stereocenters. The zero-order chi connectivity index (χ0) is 22.8. The van der Waals surface area contributed by atoms with Gasteiger partial charge < -0.3 is 4.42 Å². The topological polar surface area (TPSA) is 85.9 Å². The fourth-order valence-electron chi connectivity index (χ4n) is 2.93. The zero-order valence-electron chi connectivity index (χ0n) is 17.0. The van der Waals surface area contributed by atoms with Crippen LogP contribution < -0.4 is 4.80 Å². The molecule has 7 nitrogen and oxygen atoms in total. The fourth-order valence-corrected chi connectivity index (χ4v) is 3.77. The Labute approximate surface area is 184 Å². The second-order valence-corrected chi connectivity index (χ2v) is 7.66. The van der Waals surface area contributed by atoms with Gasteiger partial charge in [0.05, 0.1) is 10.6 Å². The van der Waals surface area contributed by atoms with Crippen molar-refractivity contribution in [1.29, 1.82) is 0 Å². The lowest BCUT2D eigenvalue weighted by Gasteiger charge is -2.05. The first-order valence-corrected chi connectivity index (χ1v) is 10.3. The summed E-state index contributed by atoms with van der Waals surface area (Å²) in [6.07, 6.45) is 0. The molecule has 0 aliphatic carbocycles. The Morgan fingerprint density at radius 3 is 2.50 bits per heavy atom. The minimum absolute atomic E-state index is 0.0421. The van der Waals surface area contributed by atoms with Crippen LogP contribution in [0.2, 0.25) is 0 Å². The van der Waals surface area contributed by atoms with Crippen LogP contribution in [-0.4, -0.2) is 15.3 Å². The van der Waals surface area contributed by atoms with Crippen molar-refractivity contribution in [3.05, 3.63) is 98.0 Å².